The van der Waals surface area contributed by atoms with Gasteiger partial charge in [0.15, 0.2) is 0 Å². The lowest BCUT2D eigenvalue weighted by atomic mass is 9.75. The van der Waals surface area contributed by atoms with Crippen molar-refractivity contribution >= 4 is 0 Å². The molecule has 4 atom stereocenters. The Bertz CT molecular complexity index is 458. The van der Waals surface area contributed by atoms with Crippen molar-refractivity contribution in [2.75, 3.05) is 0 Å². The molecule has 2 heteroatoms. The number of fused-ring (bicyclic) bond motifs is 2. The van der Waals surface area contributed by atoms with Crippen LogP contribution >= 0.6 is 0 Å². The summed E-state index contributed by atoms with van der Waals surface area (Å²) < 4.78 is 13.4. The maximum absolute atomic E-state index is 13.4. The molecule has 2 bridgehead atoms. The topological polar surface area (TPSA) is 26.0 Å². The van der Waals surface area contributed by atoms with Crippen molar-refractivity contribution in [1.29, 1.82) is 0 Å². The molecule has 1 nitrogen and oxygen atoms in total. The van der Waals surface area contributed by atoms with Gasteiger partial charge in [0.2, 0.25) is 0 Å². The van der Waals surface area contributed by atoms with Crippen molar-refractivity contribution in [1.82, 2.24) is 0 Å². The molecule has 3 rings (SSSR count). The Hall–Kier alpha value is -0.890. The molecular weight excluding hydrogens is 237 g/mol. The van der Waals surface area contributed by atoms with Crippen LogP contribution in [0.1, 0.15) is 51.0 Å². The zero-order valence-corrected chi connectivity index (χ0v) is 11.7. The van der Waals surface area contributed by atoms with Gasteiger partial charge in [0.05, 0.1) is 0 Å². The second-order valence-electron chi connectivity index (χ2n) is 6.66. The first-order valence-electron chi connectivity index (χ1n) is 7.65. The summed E-state index contributed by atoms with van der Waals surface area (Å²) in [4.78, 5) is 0. The van der Waals surface area contributed by atoms with Crippen molar-refractivity contribution in [3.8, 4) is 0 Å². The zero-order chi connectivity index (χ0) is 13.5. The highest BCUT2D eigenvalue weighted by atomic mass is 19.1. The molecule has 19 heavy (non-hydrogen) atoms. The summed E-state index contributed by atoms with van der Waals surface area (Å²) in [5.41, 5.74) is 7.25. The standard InChI is InChI=1S/C17H24FN/c1-2-17(19,15-4-3-5-16(18)10-15)11-14-9-12-6-7-13(14)8-12/h3-5,10,12-14H,2,6-9,11,19H2,1H3. The number of nitrogens with two attached hydrogens (primary N) is 1. The number of halogens is 1. The molecule has 0 spiro atoms. The first-order chi connectivity index (χ1) is 9.10. The number of hydrogen-bond donors (Lipinski definition) is 1. The average Bonchev–Trinajstić information content (AvgIpc) is 3.01. The van der Waals surface area contributed by atoms with E-state index >= 15 is 0 Å². The molecule has 2 fully saturated rings. The van der Waals surface area contributed by atoms with Gasteiger partial charge < -0.3 is 5.73 Å². The summed E-state index contributed by atoms with van der Waals surface area (Å²) in [5, 5.41) is 0. The van der Waals surface area contributed by atoms with E-state index in [1.807, 2.05) is 6.07 Å². The molecule has 2 saturated carbocycles. The van der Waals surface area contributed by atoms with Crippen molar-refractivity contribution in [2.45, 2.75) is 51.0 Å². The zero-order valence-electron chi connectivity index (χ0n) is 11.7. The summed E-state index contributed by atoms with van der Waals surface area (Å²) >= 11 is 0. The molecule has 4 unspecified atom stereocenters. The molecule has 1 aromatic carbocycles. The van der Waals surface area contributed by atoms with E-state index in [1.54, 1.807) is 12.1 Å². The van der Waals surface area contributed by atoms with Crippen LogP contribution in [0.25, 0.3) is 0 Å². The van der Waals surface area contributed by atoms with E-state index < -0.39 is 0 Å². The molecule has 0 aromatic heterocycles. The molecular formula is C17H24FN. The Morgan fingerprint density at radius 1 is 1.32 bits per heavy atom. The normalized spacial score (nSPS) is 32.5. The summed E-state index contributed by atoms with van der Waals surface area (Å²) in [6.45, 7) is 2.12. The molecule has 2 aliphatic carbocycles. The third-order valence-electron chi connectivity index (χ3n) is 5.54. The van der Waals surface area contributed by atoms with Crippen LogP contribution in [0.15, 0.2) is 24.3 Å². The molecule has 0 radical (unpaired) electrons. The predicted octanol–water partition coefficient (Wildman–Crippen LogP) is 4.22. The number of benzene rings is 1. The number of rotatable bonds is 4. The fraction of sp³-hybridized carbons (Fsp3) is 0.647. The second kappa shape index (κ2) is 4.90. The molecule has 0 saturated heterocycles. The predicted molar refractivity (Wildman–Crippen MR) is 76.1 cm³/mol. The Balaban J connectivity index is 1.79. The second-order valence-corrected chi connectivity index (χ2v) is 6.66. The molecule has 0 heterocycles. The van der Waals surface area contributed by atoms with E-state index in [0.717, 1.165) is 36.2 Å². The van der Waals surface area contributed by atoms with Crippen molar-refractivity contribution < 1.29 is 4.39 Å². The lowest BCUT2D eigenvalue weighted by Crippen LogP contribution is -2.39. The van der Waals surface area contributed by atoms with Gasteiger partial charge in [0.25, 0.3) is 0 Å². The first-order valence-corrected chi connectivity index (χ1v) is 7.65. The van der Waals surface area contributed by atoms with Gasteiger partial charge in [-0.05, 0) is 67.6 Å². The Labute approximate surface area is 115 Å². The fourth-order valence-corrected chi connectivity index (χ4v) is 4.36. The van der Waals surface area contributed by atoms with Gasteiger partial charge in [0.1, 0.15) is 5.82 Å². The monoisotopic (exact) mass is 261 g/mol. The van der Waals surface area contributed by atoms with Crippen LogP contribution < -0.4 is 5.73 Å². The highest BCUT2D eigenvalue weighted by molar-refractivity contribution is 5.25. The lowest BCUT2D eigenvalue weighted by Gasteiger charge is -2.35. The summed E-state index contributed by atoms with van der Waals surface area (Å²) in [7, 11) is 0. The van der Waals surface area contributed by atoms with Crippen LogP contribution in [0.2, 0.25) is 0 Å². The van der Waals surface area contributed by atoms with Crippen LogP contribution in [0.4, 0.5) is 4.39 Å². The average molecular weight is 261 g/mol. The van der Waals surface area contributed by atoms with Crippen LogP contribution in [0.3, 0.4) is 0 Å². The third kappa shape index (κ3) is 2.43. The van der Waals surface area contributed by atoms with Crippen LogP contribution in [0, 0.1) is 23.6 Å². The lowest BCUT2D eigenvalue weighted by molar-refractivity contribution is 0.236. The van der Waals surface area contributed by atoms with Crippen molar-refractivity contribution in [3.05, 3.63) is 35.6 Å². The van der Waals surface area contributed by atoms with E-state index in [9.17, 15) is 4.39 Å². The third-order valence-corrected chi connectivity index (χ3v) is 5.54. The Morgan fingerprint density at radius 2 is 2.16 bits per heavy atom. The van der Waals surface area contributed by atoms with Gasteiger partial charge in [-0.3, -0.25) is 0 Å². The van der Waals surface area contributed by atoms with Crippen LogP contribution in [-0.4, -0.2) is 0 Å². The van der Waals surface area contributed by atoms with Gasteiger partial charge in [-0.15, -0.1) is 0 Å². The molecule has 2 N–H and O–H groups in total. The highest BCUT2D eigenvalue weighted by Gasteiger charge is 2.42. The number of hydrogen-bond acceptors (Lipinski definition) is 1. The minimum atomic E-state index is -0.350. The van der Waals surface area contributed by atoms with Crippen LogP contribution in [0.5, 0.6) is 0 Å². The van der Waals surface area contributed by atoms with Gasteiger partial charge in [0, 0.05) is 5.54 Å². The van der Waals surface area contributed by atoms with E-state index in [-0.39, 0.29) is 11.4 Å². The molecule has 1 aromatic rings. The summed E-state index contributed by atoms with van der Waals surface area (Å²) in [6.07, 6.45) is 7.47. The van der Waals surface area contributed by atoms with Gasteiger partial charge in [-0.25, -0.2) is 4.39 Å². The SMILES string of the molecule is CCC(N)(CC1CC2CCC1C2)c1cccc(F)c1. The largest absolute Gasteiger partial charge is 0.321 e. The summed E-state index contributed by atoms with van der Waals surface area (Å²) in [6, 6.07) is 6.89. The maximum atomic E-state index is 13.4. The van der Waals surface area contributed by atoms with Gasteiger partial charge in [-0.1, -0.05) is 25.5 Å². The van der Waals surface area contributed by atoms with E-state index in [1.165, 1.54) is 31.7 Å². The summed E-state index contributed by atoms with van der Waals surface area (Å²) in [5.74, 6) is 2.41. The Morgan fingerprint density at radius 3 is 2.74 bits per heavy atom. The first kappa shape index (κ1) is 13.1. The smallest absolute Gasteiger partial charge is 0.123 e. The fourth-order valence-electron chi connectivity index (χ4n) is 4.36. The molecule has 0 amide bonds. The maximum Gasteiger partial charge on any atom is 0.123 e. The van der Waals surface area contributed by atoms with E-state index in [4.69, 9.17) is 5.73 Å². The quantitative estimate of drug-likeness (QED) is 0.863. The molecule has 0 aliphatic heterocycles. The van der Waals surface area contributed by atoms with Gasteiger partial charge >= 0.3 is 0 Å². The van der Waals surface area contributed by atoms with E-state index in [0.29, 0.717) is 0 Å². The van der Waals surface area contributed by atoms with Gasteiger partial charge in [-0.2, -0.15) is 0 Å². The van der Waals surface area contributed by atoms with Crippen molar-refractivity contribution in [2.24, 2.45) is 23.5 Å². The van der Waals surface area contributed by atoms with E-state index in [2.05, 4.69) is 6.92 Å². The van der Waals surface area contributed by atoms with Crippen LogP contribution in [-0.2, 0) is 5.54 Å². The van der Waals surface area contributed by atoms with Crippen molar-refractivity contribution in [3.63, 3.8) is 0 Å². The molecule has 2 aliphatic rings. The minimum Gasteiger partial charge on any atom is -0.321 e. The Kier molecular flexibility index (Phi) is 3.38. The highest BCUT2D eigenvalue weighted by Crippen LogP contribution is 2.51. The molecule has 104 valence electrons. The minimum absolute atomic E-state index is 0.172.